The first-order chi connectivity index (χ1) is 12.1. The van der Waals surface area contributed by atoms with Gasteiger partial charge in [0.15, 0.2) is 5.82 Å². The molecule has 0 spiro atoms. The fraction of sp³-hybridized carbons (Fsp3) is 0.211. The van der Waals surface area contributed by atoms with Gasteiger partial charge < -0.3 is 10.0 Å². The summed E-state index contributed by atoms with van der Waals surface area (Å²) in [6, 6.07) is 17.6. The van der Waals surface area contributed by atoms with Crippen molar-refractivity contribution >= 4 is 11.8 Å². The number of aryl methyl sites for hydroxylation is 1. The maximum Gasteiger partial charge on any atom is 0.360 e. The molecule has 25 heavy (non-hydrogen) atoms. The van der Waals surface area contributed by atoms with E-state index in [1.165, 1.54) is 10.4 Å². The number of hydrogen-bond acceptors (Lipinski definition) is 4. The van der Waals surface area contributed by atoms with Crippen LogP contribution in [0, 0.1) is 0 Å². The van der Waals surface area contributed by atoms with Crippen molar-refractivity contribution in [1.29, 1.82) is 0 Å². The number of carboxylic acids is 1. The third-order valence-corrected chi connectivity index (χ3v) is 4.00. The summed E-state index contributed by atoms with van der Waals surface area (Å²) in [4.78, 5) is 14.8. The number of aromatic carboxylic acids is 1. The average Bonchev–Trinajstić information content (AvgIpc) is 3.08. The van der Waals surface area contributed by atoms with Crippen molar-refractivity contribution in [3.8, 4) is 5.69 Å². The lowest BCUT2D eigenvalue weighted by atomic mass is 10.2. The molecule has 6 nitrogen and oxygen atoms in total. The highest BCUT2D eigenvalue weighted by atomic mass is 16.4. The Balaban J connectivity index is 1.92. The summed E-state index contributed by atoms with van der Waals surface area (Å²) < 4.78 is 0. The fourth-order valence-electron chi connectivity index (χ4n) is 2.61. The van der Waals surface area contributed by atoms with Gasteiger partial charge in [0.1, 0.15) is 0 Å². The van der Waals surface area contributed by atoms with Crippen LogP contribution in [0.2, 0.25) is 0 Å². The molecule has 0 aliphatic carbocycles. The van der Waals surface area contributed by atoms with Gasteiger partial charge in [-0.2, -0.15) is 0 Å². The molecule has 6 heteroatoms. The molecule has 0 atom stereocenters. The molecule has 0 aliphatic rings. The van der Waals surface area contributed by atoms with Crippen LogP contribution < -0.4 is 4.90 Å². The lowest BCUT2D eigenvalue weighted by Gasteiger charge is -2.16. The van der Waals surface area contributed by atoms with E-state index in [9.17, 15) is 9.90 Å². The van der Waals surface area contributed by atoms with Gasteiger partial charge in [0.25, 0.3) is 0 Å². The lowest BCUT2D eigenvalue weighted by molar-refractivity contribution is 0.0690. The summed E-state index contributed by atoms with van der Waals surface area (Å²) in [5.74, 6) is -0.748. The largest absolute Gasteiger partial charge is 0.476 e. The molecule has 0 unspecified atom stereocenters. The normalized spacial score (nSPS) is 10.6. The van der Waals surface area contributed by atoms with Crippen molar-refractivity contribution in [3.63, 3.8) is 0 Å². The van der Waals surface area contributed by atoms with E-state index in [-0.39, 0.29) is 5.69 Å². The molecule has 0 amide bonds. The van der Waals surface area contributed by atoms with Crippen LogP contribution in [-0.2, 0) is 13.0 Å². The topological polar surface area (TPSA) is 71.2 Å². The zero-order chi connectivity index (χ0) is 17.8. The van der Waals surface area contributed by atoms with Gasteiger partial charge in [0.2, 0.25) is 5.69 Å². The zero-order valence-electron chi connectivity index (χ0n) is 14.3. The zero-order valence-corrected chi connectivity index (χ0v) is 14.3. The van der Waals surface area contributed by atoms with Crippen molar-refractivity contribution in [2.75, 3.05) is 11.9 Å². The standard InChI is InChI=1S/C19H20N4O2/c1-3-14-9-11-16(12-10-14)23-20-17(19(24)25)18(21-23)22(2)13-15-7-5-4-6-8-15/h4-12H,3,13H2,1-2H3,(H,24,25). The molecular weight excluding hydrogens is 316 g/mol. The van der Waals surface area contributed by atoms with Gasteiger partial charge >= 0.3 is 5.97 Å². The number of rotatable bonds is 6. The minimum atomic E-state index is -1.09. The molecule has 0 bridgehead atoms. The number of carbonyl (C=O) groups is 1. The summed E-state index contributed by atoms with van der Waals surface area (Å²) in [6.07, 6.45) is 0.943. The van der Waals surface area contributed by atoms with Crippen molar-refractivity contribution in [2.24, 2.45) is 0 Å². The second-order valence-electron chi connectivity index (χ2n) is 5.83. The fourth-order valence-corrected chi connectivity index (χ4v) is 2.61. The first-order valence-electron chi connectivity index (χ1n) is 8.13. The maximum absolute atomic E-state index is 11.6. The summed E-state index contributed by atoms with van der Waals surface area (Å²) in [5, 5.41) is 18.0. The number of aromatic nitrogens is 3. The van der Waals surface area contributed by atoms with Crippen LogP contribution in [0.5, 0.6) is 0 Å². The van der Waals surface area contributed by atoms with Crippen LogP contribution in [0.15, 0.2) is 54.6 Å². The van der Waals surface area contributed by atoms with E-state index in [0.29, 0.717) is 12.4 Å². The molecule has 2 aromatic carbocycles. The summed E-state index contributed by atoms with van der Waals surface area (Å²) >= 11 is 0. The smallest absolute Gasteiger partial charge is 0.360 e. The molecule has 128 valence electrons. The van der Waals surface area contributed by atoms with Gasteiger partial charge in [-0.25, -0.2) is 4.79 Å². The number of benzene rings is 2. The average molecular weight is 336 g/mol. The Bertz CT molecular complexity index is 857. The Kier molecular flexibility index (Phi) is 4.79. The van der Waals surface area contributed by atoms with E-state index >= 15 is 0 Å². The lowest BCUT2D eigenvalue weighted by Crippen LogP contribution is -2.19. The molecule has 1 aromatic heterocycles. The molecular formula is C19H20N4O2. The number of anilines is 1. The van der Waals surface area contributed by atoms with Crippen LogP contribution in [0.1, 0.15) is 28.5 Å². The highest BCUT2D eigenvalue weighted by molar-refractivity contribution is 5.90. The van der Waals surface area contributed by atoms with E-state index in [2.05, 4.69) is 17.1 Å². The molecule has 0 aliphatic heterocycles. The minimum absolute atomic E-state index is 0.0574. The molecule has 0 radical (unpaired) electrons. The molecule has 0 saturated heterocycles. The second-order valence-corrected chi connectivity index (χ2v) is 5.83. The van der Waals surface area contributed by atoms with Crippen LogP contribution >= 0.6 is 0 Å². The molecule has 0 saturated carbocycles. The monoisotopic (exact) mass is 336 g/mol. The molecule has 1 N–H and O–H groups in total. The summed E-state index contributed by atoms with van der Waals surface area (Å²) in [5.41, 5.74) is 2.95. The van der Waals surface area contributed by atoms with Gasteiger partial charge in [0.05, 0.1) is 5.69 Å². The highest BCUT2D eigenvalue weighted by Gasteiger charge is 2.21. The predicted molar refractivity (Wildman–Crippen MR) is 96.2 cm³/mol. The third kappa shape index (κ3) is 3.68. The van der Waals surface area contributed by atoms with Crippen LogP contribution in [0.3, 0.4) is 0 Å². The minimum Gasteiger partial charge on any atom is -0.476 e. The van der Waals surface area contributed by atoms with E-state index in [1.54, 1.807) is 4.90 Å². The Morgan fingerprint density at radius 1 is 1.04 bits per heavy atom. The summed E-state index contributed by atoms with van der Waals surface area (Å²) in [6.45, 7) is 2.63. The molecule has 3 rings (SSSR count). The Hall–Kier alpha value is -3.15. The second kappa shape index (κ2) is 7.17. The van der Waals surface area contributed by atoms with Crippen LogP contribution in [-0.4, -0.2) is 33.1 Å². The first kappa shape index (κ1) is 16.7. The maximum atomic E-state index is 11.6. The number of nitrogens with zero attached hydrogens (tertiary/aromatic N) is 4. The van der Waals surface area contributed by atoms with Gasteiger partial charge in [-0.3, -0.25) is 0 Å². The predicted octanol–water partition coefficient (Wildman–Crippen LogP) is 3.16. The quantitative estimate of drug-likeness (QED) is 0.748. The molecule has 1 heterocycles. The van der Waals surface area contributed by atoms with Crippen molar-refractivity contribution in [3.05, 3.63) is 71.4 Å². The third-order valence-electron chi connectivity index (χ3n) is 4.00. The van der Waals surface area contributed by atoms with Crippen LogP contribution in [0.25, 0.3) is 5.69 Å². The molecule has 0 fully saturated rings. The highest BCUT2D eigenvalue weighted by Crippen LogP contribution is 2.19. The van der Waals surface area contributed by atoms with E-state index in [4.69, 9.17) is 0 Å². The van der Waals surface area contributed by atoms with Crippen LogP contribution in [0.4, 0.5) is 5.82 Å². The van der Waals surface area contributed by atoms with E-state index < -0.39 is 5.97 Å². The van der Waals surface area contributed by atoms with E-state index in [1.807, 2.05) is 61.6 Å². The van der Waals surface area contributed by atoms with E-state index in [0.717, 1.165) is 17.7 Å². The Labute approximate surface area is 146 Å². The summed E-state index contributed by atoms with van der Waals surface area (Å²) in [7, 11) is 1.81. The van der Waals surface area contributed by atoms with Crippen molar-refractivity contribution in [2.45, 2.75) is 19.9 Å². The van der Waals surface area contributed by atoms with Gasteiger partial charge in [-0.05, 0) is 29.7 Å². The van der Waals surface area contributed by atoms with Crippen molar-refractivity contribution in [1.82, 2.24) is 15.0 Å². The number of carboxylic acid groups (broad SMARTS) is 1. The Morgan fingerprint density at radius 2 is 1.72 bits per heavy atom. The van der Waals surface area contributed by atoms with Gasteiger partial charge in [-0.1, -0.05) is 49.4 Å². The number of hydrogen-bond donors (Lipinski definition) is 1. The SMILES string of the molecule is CCc1ccc(-n2nc(C(=O)O)c(N(C)Cc3ccccc3)n2)cc1. The van der Waals surface area contributed by atoms with Crippen molar-refractivity contribution < 1.29 is 9.90 Å². The first-order valence-corrected chi connectivity index (χ1v) is 8.13. The van der Waals surface area contributed by atoms with Gasteiger partial charge in [0, 0.05) is 13.6 Å². The Morgan fingerprint density at radius 3 is 2.32 bits per heavy atom. The van der Waals surface area contributed by atoms with Gasteiger partial charge in [-0.15, -0.1) is 15.0 Å². The molecule has 3 aromatic rings.